The van der Waals surface area contributed by atoms with Crippen LogP contribution in [0.1, 0.15) is 0 Å². The van der Waals surface area contributed by atoms with Gasteiger partial charge in [-0.1, -0.05) is 48.5 Å². The zero-order chi connectivity index (χ0) is 14.9. The monoisotopic (exact) mass is 285 g/mol. The SMILES string of the molecule is Cn1ccc(-c2cc3cccc(-c4ccccc4)c3cn2)n1. The van der Waals surface area contributed by atoms with Gasteiger partial charge in [0, 0.05) is 24.8 Å². The molecule has 2 aromatic heterocycles. The van der Waals surface area contributed by atoms with E-state index in [1.165, 1.54) is 16.5 Å². The molecular weight excluding hydrogens is 270 g/mol. The van der Waals surface area contributed by atoms with Gasteiger partial charge in [-0.15, -0.1) is 0 Å². The Morgan fingerprint density at radius 1 is 0.864 bits per heavy atom. The molecule has 3 nitrogen and oxygen atoms in total. The van der Waals surface area contributed by atoms with E-state index in [9.17, 15) is 0 Å². The summed E-state index contributed by atoms with van der Waals surface area (Å²) in [5.41, 5.74) is 4.21. The number of hydrogen-bond acceptors (Lipinski definition) is 2. The quantitative estimate of drug-likeness (QED) is 0.549. The van der Waals surface area contributed by atoms with Crippen LogP contribution < -0.4 is 0 Å². The number of benzene rings is 2. The second-order valence-electron chi connectivity index (χ2n) is 5.34. The lowest BCUT2D eigenvalue weighted by Crippen LogP contribution is -1.90. The molecule has 2 aromatic carbocycles. The number of rotatable bonds is 2. The van der Waals surface area contributed by atoms with Gasteiger partial charge >= 0.3 is 0 Å². The summed E-state index contributed by atoms with van der Waals surface area (Å²) in [7, 11) is 1.91. The maximum atomic E-state index is 4.60. The summed E-state index contributed by atoms with van der Waals surface area (Å²) in [4.78, 5) is 4.60. The maximum Gasteiger partial charge on any atom is 0.111 e. The molecule has 0 fully saturated rings. The van der Waals surface area contributed by atoms with Gasteiger partial charge < -0.3 is 0 Å². The molecule has 0 saturated heterocycles. The van der Waals surface area contributed by atoms with Crippen LogP contribution in [0.3, 0.4) is 0 Å². The maximum absolute atomic E-state index is 4.60. The smallest absolute Gasteiger partial charge is 0.111 e. The number of pyridine rings is 1. The summed E-state index contributed by atoms with van der Waals surface area (Å²) in [5.74, 6) is 0. The first kappa shape index (κ1) is 12.8. The molecule has 0 atom stereocenters. The minimum atomic E-state index is 0.898. The van der Waals surface area contributed by atoms with Crippen molar-refractivity contribution in [2.75, 3.05) is 0 Å². The molecule has 0 spiro atoms. The fraction of sp³-hybridized carbons (Fsp3) is 0.0526. The van der Waals surface area contributed by atoms with E-state index in [1.54, 1.807) is 4.68 Å². The molecule has 4 rings (SSSR count). The number of fused-ring (bicyclic) bond motifs is 1. The minimum Gasteiger partial charge on any atom is -0.275 e. The zero-order valence-corrected chi connectivity index (χ0v) is 12.3. The zero-order valence-electron chi connectivity index (χ0n) is 12.3. The van der Waals surface area contributed by atoms with Crippen LogP contribution in [0.4, 0.5) is 0 Å². The second kappa shape index (κ2) is 5.11. The predicted molar refractivity (Wildman–Crippen MR) is 89.4 cm³/mol. The highest BCUT2D eigenvalue weighted by Crippen LogP contribution is 2.29. The number of nitrogens with zero attached hydrogens (tertiary/aromatic N) is 3. The summed E-state index contributed by atoms with van der Waals surface area (Å²) in [6, 6.07) is 20.8. The average molecular weight is 285 g/mol. The number of aromatic nitrogens is 3. The van der Waals surface area contributed by atoms with Crippen LogP contribution in [-0.2, 0) is 7.05 Å². The van der Waals surface area contributed by atoms with E-state index in [0.29, 0.717) is 0 Å². The molecule has 0 amide bonds. The molecule has 106 valence electrons. The fourth-order valence-corrected chi connectivity index (χ4v) is 2.73. The van der Waals surface area contributed by atoms with Gasteiger partial charge in [-0.25, -0.2) is 0 Å². The first-order valence-corrected chi connectivity index (χ1v) is 7.25. The van der Waals surface area contributed by atoms with Gasteiger partial charge in [0.2, 0.25) is 0 Å². The molecule has 0 saturated carbocycles. The standard InChI is InChI=1S/C19H15N3/c1-22-11-10-18(21-22)19-12-15-8-5-9-16(17(15)13-20-19)14-6-3-2-4-7-14/h2-13H,1H3. The summed E-state index contributed by atoms with van der Waals surface area (Å²) in [6.07, 6.45) is 3.88. The topological polar surface area (TPSA) is 30.7 Å². The molecule has 4 aromatic rings. The van der Waals surface area contributed by atoms with Crippen LogP contribution in [0.25, 0.3) is 33.3 Å². The molecule has 0 N–H and O–H groups in total. The highest BCUT2D eigenvalue weighted by atomic mass is 15.2. The van der Waals surface area contributed by atoms with Gasteiger partial charge in [0.25, 0.3) is 0 Å². The van der Waals surface area contributed by atoms with Gasteiger partial charge in [0.05, 0.1) is 5.69 Å². The Bertz CT molecular complexity index is 939. The van der Waals surface area contributed by atoms with Crippen molar-refractivity contribution in [2.45, 2.75) is 0 Å². The lowest BCUT2D eigenvalue weighted by molar-refractivity contribution is 0.770. The number of hydrogen-bond donors (Lipinski definition) is 0. The lowest BCUT2D eigenvalue weighted by atomic mass is 9.99. The van der Waals surface area contributed by atoms with Crippen molar-refractivity contribution in [3.63, 3.8) is 0 Å². The molecule has 3 heteroatoms. The van der Waals surface area contributed by atoms with Gasteiger partial charge in [-0.05, 0) is 28.6 Å². The van der Waals surface area contributed by atoms with Crippen molar-refractivity contribution < 1.29 is 0 Å². The van der Waals surface area contributed by atoms with Crippen molar-refractivity contribution in [3.05, 3.63) is 73.1 Å². The van der Waals surface area contributed by atoms with E-state index in [0.717, 1.165) is 16.8 Å². The minimum absolute atomic E-state index is 0.898. The first-order valence-electron chi connectivity index (χ1n) is 7.25. The molecule has 0 unspecified atom stereocenters. The summed E-state index contributed by atoms with van der Waals surface area (Å²) < 4.78 is 1.79. The molecular formula is C19H15N3. The molecule has 0 aliphatic carbocycles. The van der Waals surface area contributed by atoms with Crippen LogP contribution in [0.5, 0.6) is 0 Å². The van der Waals surface area contributed by atoms with Crippen molar-refractivity contribution in [1.29, 1.82) is 0 Å². The summed E-state index contributed by atoms with van der Waals surface area (Å²) in [5, 5.41) is 6.76. The molecule has 22 heavy (non-hydrogen) atoms. The van der Waals surface area contributed by atoms with E-state index in [4.69, 9.17) is 0 Å². The molecule has 2 heterocycles. The Hall–Kier alpha value is -2.94. The third kappa shape index (κ3) is 2.17. The van der Waals surface area contributed by atoms with Crippen molar-refractivity contribution in [2.24, 2.45) is 7.05 Å². The van der Waals surface area contributed by atoms with Gasteiger partial charge in [-0.2, -0.15) is 5.10 Å². The van der Waals surface area contributed by atoms with Crippen LogP contribution in [-0.4, -0.2) is 14.8 Å². The second-order valence-corrected chi connectivity index (χ2v) is 5.34. The van der Waals surface area contributed by atoms with Gasteiger partial charge in [-0.3, -0.25) is 9.67 Å². The van der Waals surface area contributed by atoms with E-state index in [2.05, 4.69) is 58.6 Å². The molecule has 0 aliphatic heterocycles. The van der Waals surface area contributed by atoms with Crippen LogP contribution in [0.15, 0.2) is 73.1 Å². The Morgan fingerprint density at radius 3 is 2.50 bits per heavy atom. The summed E-state index contributed by atoms with van der Waals surface area (Å²) in [6.45, 7) is 0. The third-order valence-corrected chi connectivity index (χ3v) is 3.83. The van der Waals surface area contributed by atoms with Crippen molar-refractivity contribution >= 4 is 10.8 Å². The van der Waals surface area contributed by atoms with E-state index >= 15 is 0 Å². The first-order chi connectivity index (χ1) is 10.8. The molecule has 0 bridgehead atoms. The predicted octanol–water partition coefficient (Wildman–Crippen LogP) is 4.30. The molecule has 0 radical (unpaired) electrons. The largest absolute Gasteiger partial charge is 0.275 e. The van der Waals surface area contributed by atoms with E-state index in [-0.39, 0.29) is 0 Å². The van der Waals surface area contributed by atoms with E-state index in [1.807, 2.05) is 31.6 Å². The van der Waals surface area contributed by atoms with Crippen LogP contribution in [0.2, 0.25) is 0 Å². The summed E-state index contributed by atoms with van der Waals surface area (Å²) >= 11 is 0. The van der Waals surface area contributed by atoms with Crippen molar-refractivity contribution in [1.82, 2.24) is 14.8 Å². The fourth-order valence-electron chi connectivity index (χ4n) is 2.73. The Labute approximate surface area is 128 Å². The Balaban J connectivity index is 1.89. The Morgan fingerprint density at radius 2 is 1.73 bits per heavy atom. The van der Waals surface area contributed by atoms with Gasteiger partial charge in [0.15, 0.2) is 0 Å². The normalized spacial score (nSPS) is 11.0. The Kier molecular flexibility index (Phi) is 2.97. The van der Waals surface area contributed by atoms with E-state index < -0.39 is 0 Å². The third-order valence-electron chi connectivity index (χ3n) is 3.83. The van der Waals surface area contributed by atoms with Crippen LogP contribution >= 0.6 is 0 Å². The average Bonchev–Trinajstić information content (AvgIpc) is 3.01. The van der Waals surface area contributed by atoms with Crippen molar-refractivity contribution in [3.8, 4) is 22.5 Å². The lowest BCUT2D eigenvalue weighted by Gasteiger charge is -2.07. The highest BCUT2D eigenvalue weighted by Gasteiger charge is 2.07. The number of aryl methyl sites for hydroxylation is 1. The highest BCUT2D eigenvalue weighted by molar-refractivity contribution is 5.97. The van der Waals surface area contributed by atoms with Gasteiger partial charge in [0.1, 0.15) is 5.69 Å². The molecule has 0 aliphatic rings. The van der Waals surface area contributed by atoms with Crippen LogP contribution in [0, 0.1) is 0 Å².